The highest BCUT2D eigenvalue weighted by Crippen LogP contribution is 2.30. The van der Waals surface area contributed by atoms with Gasteiger partial charge in [-0.1, -0.05) is 49.0 Å². The smallest absolute Gasteiger partial charge is 0.337 e. The Balaban J connectivity index is 1.49. The van der Waals surface area contributed by atoms with Crippen LogP contribution in [0.15, 0.2) is 87.9 Å². The average molecular weight is 617 g/mol. The van der Waals surface area contributed by atoms with Crippen LogP contribution in [0.25, 0.3) is 11.3 Å². The van der Waals surface area contributed by atoms with Gasteiger partial charge in [-0.25, -0.2) is 4.39 Å². The van der Waals surface area contributed by atoms with Crippen LogP contribution >= 0.6 is 23.5 Å². The maximum Gasteiger partial charge on any atom is 0.416 e. The van der Waals surface area contributed by atoms with Crippen molar-refractivity contribution < 1.29 is 22.4 Å². The molecule has 2 aromatic carbocycles. The van der Waals surface area contributed by atoms with E-state index in [-0.39, 0.29) is 30.4 Å². The lowest BCUT2D eigenvalue weighted by Crippen LogP contribution is -2.35. The van der Waals surface area contributed by atoms with Gasteiger partial charge in [0.2, 0.25) is 5.91 Å². The number of thioether (sulfide) groups is 2. The number of carbonyl (C=O) groups excluding carboxylic acids is 1. The van der Waals surface area contributed by atoms with Gasteiger partial charge in [-0.05, 0) is 54.1 Å². The molecule has 0 aliphatic carbocycles. The molecule has 0 aliphatic heterocycles. The van der Waals surface area contributed by atoms with E-state index < -0.39 is 11.7 Å². The fraction of sp³-hybridized carbons (Fsp3) is 0.267. The largest absolute Gasteiger partial charge is 0.416 e. The van der Waals surface area contributed by atoms with Crippen LogP contribution in [-0.4, -0.2) is 38.1 Å². The zero-order valence-electron chi connectivity index (χ0n) is 22.9. The maximum absolute atomic E-state index is 13.5. The SMILES string of the molecule is CCCN(Cc1ccc(-c2ccc(C(F)(F)F)cc2)nc1)C(=O)Cn1cc(SC)c(=O)nc1SCc1ccc(F)cc1. The molecular weight excluding hydrogens is 588 g/mol. The van der Waals surface area contributed by atoms with E-state index in [0.717, 1.165) is 23.3 Å². The van der Waals surface area contributed by atoms with Gasteiger partial charge < -0.3 is 9.47 Å². The molecule has 12 heteroatoms. The molecule has 6 nitrogen and oxygen atoms in total. The summed E-state index contributed by atoms with van der Waals surface area (Å²) in [6.07, 6.45) is 1.32. The summed E-state index contributed by atoms with van der Waals surface area (Å²) in [5.74, 6) is -0.0752. The lowest BCUT2D eigenvalue weighted by Gasteiger charge is -2.23. The highest BCUT2D eigenvalue weighted by Gasteiger charge is 2.30. The molecule has 0 saturated heterocycles. The number of amides is 1. The second kappa shape index (κ2) is 14.0. The predicted molar refractivity (Wildman–Crippen MR) is 157 cm³/mol. The van der Waals surface area contributed by atoms with Gasteiger partial charge in [0.15, 0.2) is 5.16 Å². The summed E-state index contributed by atoms with van der Waals surface area (Å²) in [7, 11) is 0. The van der Waals surface area contributed by atoms with Crippen LogP contribution in [0.3, 0.4) is 0 Å². The van der Waals surface area contributed by atoms with Crippen molar-refractivity contribution >= 4 is 29.4 Å². The van der Waals surface area contributed by atoms with Crippen molar-refractivity contribution in [2.75, 3.05) is 12.8 Å². The molecule has 220 valence electrons. The van der Waals surface area contributed by atoms with Gasteiger partial charge in [0.25, 0.3) is 5.56 Å². The first-order valence-corrected chi connectivity index (χ1v) is 15.2. The third-order valence-corrected chi connectivity index (χ3v) is 8.07. The number of alkyl halides is 3. The quantitative estimate of drug-likeness (QED) is 0.104. The number of aromatic nitrogens is 3. The van der Waals surface area contributed by atoms with Crippen molar-refractivity contribution in [1.82, 2.24) is 19.4 Å². The van der Waals surface area contributed by atoms with E-state index in [0.29, 0.717) is 40.0 Å². The van der Waals surface area contributed by atoms with Gasteiger partial charge in [-0.15, -0.1) is 11.8 Å². The topological polar surface area (TPSA) is 68.1 Å². The number of nitrogens with zero attached hydrogens (tertiary/aromatic N) is 4. The van der Waals surface area contributed by atoms with Gasteiger partial charge in [-0.3, -0.25) is 14.6 Å². The fourth-order valence-electron chi connectivity index (χ4n) is 4.10. The summed E-state index contributed by atoms with van der Waals surface area (Å²) in [6, 6.07) is 14.4. The van der Waals surface area contributed by atoms with Crippen LogP contribution in [0.2, 0.25) is 0 Å². The Hall–Kier alpha value is -3.64. The Morgan fingerprint density at radius 1 is 1.00 bits per heavy atom. The summed E-state index contributed by atoms with van der Waals surface area (Å²) in [6.45, 7) is 2.70. The van der Waals surface area contributed by atoms with Crippen molar-refractivity contribution in [2.24, 2.45) is 0 Å². The van der Waals surface area contributed by atoms with Crippen LogP contribution in [0.1, 0.15) is 30.0 Å². The van der Waals surface area contributed by atoms with Crippen molar-refractivity contribution in [1.29, 1.82) is 0 Å². The predicted octanol–water partition coefficient (Wildman–Crippen LogP) is 6.92. The van der Waals surface area contributed by atoms with Gasteiger partial charge >= 0.3 is 6.18 Å². The van der Waals surface area contributed by atoms with Crippen LogP contribution in [0.4, 0.5) is 17.6 Å². The van der Waals surface area contributed by atoms with E-state index in [4.69, 9.17) is 0 Å². The number of benzene rings is 2. The summed E-state index contributed by atoms with van der Waals surface area (Å²) < 4.78 is 53.6. The Kier molecular flexibility index (Phi) is 10.4. The molecule has 0 bridgehead atoms. The molecule has 0 aliphatic rings. The normalized spacial score (nSPS) is 11.5. The summed E-state index contributed by atoms with van der Waals surface area (Å²) in [5.41, 5.74) is 1.58. The third kappa shape index (κ3) is 8.22. The summed E-state index contributed by atoms with van der Waals surface area (Å²) in [5, 5.41) is 0.384. The van der Waals surface area contributed by atoms with Crippen LogP contribution < -0.4 is 5.56 Å². The summed E-state index contributed by atoms with van der Waals surface area (Å²) in [4.78, 5) is 36.7. The zero-order valence-corrected chi connectivity index (χ0v) is 24.5. The maximum atomic E-state index is 13.5. The van der Waals surface area contributed by atoms with E-state index >= 15 is 0 Å². The van der Waals surface area contributed by atoms with Crippen molar-refractivity contribution in [3.05, 3.63) is 106 Å². The first-order chi connectivity index (χ1) is 20.1. The van der Waals surface area contributed by atoms with E-state index in [2.05, 4.69) is 9.97 Å². The molecule has 0 unspecified atom stereocenters. The first-order valence-electron chi connectivity index (χ1n) is 13.0. The molecule has 42 heavy (non-hydrogen) atoms. The van der Waals surface area contributed by atoms with E-state index in [1.54, 1.807) is 52.4 Å². The van der Waals surface area contributed by atoms with E-state index in [1.165, 1.54) is 47.8 Å². The number of hydrogen-bond donors (Lipinski definition) is 0. The lowest BCUT2D eigenvalue weighted by molar-refractivity contribution is -0.137. The van der Waals surface area contributed by atoms with Crippen molar-refractivity contribution in [3.8, 4) is 11.3 Å². The van der Waals surface area contributed by atoms with E-state index in [9.17, 15) is 27.2 Å². The Morgan fingerprint density at radius 3 is 2.29 bits per heavy atom. The Bertz CT molecular complexity index is 1560. The first kappa shape index (κ1) is 31.3. The van der Waals surface area contributed by atoms with Crippen molar-refractivity contribution in [3.63, 3.8) is 0 Å². The lowest BCUT2D eigenvalue weighted by atomic mass is 10.1. The highest BCUT2D eigenvalue weighted by molar-refractivity contribution is 7.98. The summed E-state index contributed by atoms with van der Waals surface area (Å²) >= 11 is 2.54. The van der Waals surface area contributed by atoms with Crippen molar-refractivity contribution in [2.45, 2.75) is 48.4 Å². The number of pyridine rings is 1. The minimum absolute atomic E-state index is 0.0380. The number of carbonyl (C=O) groups is 1. The Labute approximate surface area is 249 Å². The van der Waals surface area contributed by atoms with Gasteiger partial charge in [0, 0.05) is 36.8 Å². The number of hydrogen-bond acceptors (Lipinski definition) is 6. The van der Waals surface area contributed by atoms with E-state index in [1.807, 2.05) is 6.92 Å². The van der Waals surface area contributed by atoms with Gasteiger partial charge in [-0.2, -0.15) is 18.2 Å². The molecule has 1 amide bonds. The molecule has 0 radical (unpaired) electrons. The van der Waals surface area contributed by atoms with Crippen LogP contribution in [0.5, 0.6) is 0 Å². The van der Waals surface area contributed by atoms with Gasteiger partial charge in [0.05, 0.1) is 16.2 Å². The number of rotatable bonds is 11. The van der Waals surface area contributed by atoms with Crippen LogP contribution in [0, 0.1) is 5.82 Å². The highest BCUT2D eigenvalue weighted by atomic mass is 32.2. The second-order valence-electron chi connectivity index (χ2n) is 9.38. The second-order valence-corrected chi connectivity index (χ2v) is 11.2. The monoisotopic (exact) mass is 616 g/mol. The molecule has 0 spiro atoms. The molecular formula is C30H28F4N4O2S2. The molecule has 0 N–H and O–H groups in total. The molecule has 0 saturated carbocycles. The minimum atomic E-state index is -4.41. The Morgan fingerprint density at radius 2 is 1.69 bits per heavy atom. The zero-order chi connectivity index (χ0) is 30.3. The third-order valence-electron chi connectivity index (χ3n) is 6.29. The average Bonchev–Trinajstić information content (AvgIpc) is 2.97. The standard InChI is InChI=1S/C30H28F4N4O2S2/c1-3-14-37(16-21-6-13-25(35-15-21)22-7-9-23(10-8-22)30(32,33)34)27(39)18-38-17-26(41-2)28(40)36-29(38)42-19-20-4-11-24(31)12-5-20/h4-13,15,17H,3,14,16,18-19H2,1-2H3. The number of halogens is 4. The molecule has 4 rings (SSSR count). The molecule has 0 atom stereocenters. The molecule has 2 aromatic heterocycles. The van der Waals surface area contributed by atoms with Gasteiger partial charge in [0.1, 0.15) is 12.4 Å². The molecule has 4 aromatic rings. The fourth-order valence-corrected chi connectivity index (χ4v) is 5.47. The molecule has 2 heterocycles. The molecule has 0 fully saturated rings. The minimum Gasteiger partial charge on any atom is -0.337 e. The van der Waals surface area contributed by atoms with Crippen LogP contribution in [-0.2, 0) is 29.8 Å².